The fraction of sp³-hybridized carbons (Fsp3) is 0.538. The van der Waals surface area contributed by atoms with Crippen molar-refractivity contribution in [3.05, 3.63) is 36.0 Å². The summed E-state index contributed by atoms with van der Waals surface area (Å²) in [5, 5.41) is 0. The van der Waals surface area contributed by atoms with E-state index in [0.29, 0.717) is 11.3 Å². The normalized spacial score (nSPS) is 32.3. The number of rotatable bonds is 2. The number of allylic oxidation sites excluding steroid dienone is 4. The van der Waals surface area contributed by atoms with E-state index in [4.69, 9.17) is 5.73 Å². The highest BCUT2D eigenvalue weighted by Gasteiger charge is 2.50. The number of hydrogen-bond acceptors (Lipinski definition) is 1. The zero-order valence-electron chi connectivity index (χ0n) is 9.51. The van der Waals surface area contributed by atoms with Crippen molar-refractivity contribution in [3.63, 3.8) is 0 Å². The van der Waals surface area contributed by atoms with Gasteiger partial charge < -0.3 is 5.73 Å². The maximum atomic E-state index is 5.70. The van der Waals surface area contributed by atoms with Crippen LogP contribution in [0.4, 0.5) is 0 Å². The molecule has 0 aliphatic heterocycles. The lowest BCUT2D eigenvalue weighted by molar-refractivity contribution is 0.620. The topological polar surface area (TPSA) is 26.0 Å². The molecule has 1 nitrogen and oxygen atoms in total. The molecule has 0 saturated heterocycles. The largest absolute Gasteiger partial charge is 0.330 e. The van der Waals surface area contributed by atoms with E-state index in [2.05, 4.69) is 24.8 Å². The average molecular weight is 193 g/mol. The first-order valence-electron chi connectivity index (χ1n) is 5.45. The Bertz CT molecular complexity index is 291. The molecule has 14 heavy (non-hydrogen) atoms. The van der Waals surface area contributed by atoms with Gasteiger partial charge in [-0.05, 0) is 24.8 Å². The van der Waals surface area contributed by atoms with Crippen LogP contribution >= 0.6 is 0 Å². The molecule has 0 bridgehead atoms. The molecule has 0 amide bonds. The van der Waals surface area contributed by atoms with Gasteiger partial charge in [-0.2, -0.15) is 0 Å². The highest BCUT2D eigenvalue weighted by atomic mass is 14.7. The maximum Gasteiger partial charge on any atom is 0.00769 e. The van der Waals surface area contributed by atoms with Crippen molar-refractivity contribution in [2.24, 2.45) is 17.1 Å². The number of hydrogen-bond donors (Lipinski definition) is 1. The Morgan fingerprint density at radius 3 is 2.79 bits per heavy atom. The van der Waals surface area contributed by atoms with Crippen LogP contribution in [0.5, 0.6) is 0 Å². The Morgan fingerprint density at radius 1 is 1.71 bits per heavy atom. The van der Waals surface area contributed by atoms with Crippen LogP contribution in [-0.4, -0.2) is 6.54 Å². The third-order valence-corrected chi connectivity index (χ3v) is 3.03. The minimum atomic E-state index is 0. The monoisotopic (exact) mass is 193 g/mol. The third kappa shape index (κ3) is 1.83. The maximum absolute atomic E-state index is 5.70. The molecule has 0 radical (unpaired) electrons. The lowest BCUT2D eigenvalue weighted by Gasteiger charge is -2.13. The Morgan fingerprint density at radius 2 is 2.36 bits per heavy atom. The van der Waals surface area contributed by atoms with E-state index in [1.807, 2.05) is 20.8 Å². The quantitative estimate of drug-likeness (QED) is 0.715. The van der Waals surface area contributed by atoms with Gasteiger partial charge in [0.1, 0.15) is 0 Å². The van der Waals surface area contributed by atoms with Gasteiger partial charge in [0.25, 0.3) is 0 Å². The summed E-state index contributed by atoms with van der Waals surface area (Å²) in [6.45, 7) is 10.8. The van der Waals surface area contributed by atoms with Crippen LogP contribution < -0.4 is 5.73 Å². The van der Waals surface area contributed by atoms with E-state index in [0.717, 1.165) is 12.1 Å². The molecular formula is C13H23N. The van der Waals surface area contributed by atoms with Crippen LogP contribution in [0.15, 0.2) is 36.0 Å². The van der Waals surface area contributed by atoms with Crippen molar-refractivity contribution in [2.75, 3.05) is 6.54 Å². The van der Waals surface area contributed by atoms with Crippen LogP contribution in [0.25, 0.3) is 0 Å². The molecule has 1 heteroatoms. The second kappa shape index (κ2) is 4.14. The van der Waals surface area contributed by atoms with E-state index >= 15 is 0 Å². The lowest BCUT2D eigenvalue weighted by atomic mass is 9.94. The van der Waals surface area contributed by atoms with Gasteiger partial charge in [-0.1, -0.05) is 44.2 Å². The summed E-state index contributed by atoms with van der Waals surface area (Å²) in [7, 11) is 0. The van der Waals surface area contributed by atoms with E-state index in [9.17, 15) is 0 Å². The van der Waals surface area contributed by atoms with Gasteiger partial charge in [-0.15, -0.1) is 0 Å². The first kappa shape index (κ1) is 11.3. The van der Waals surface area contributed by atoms with Crippen molar-refractivity contribution in [2.45, 2.75) is 27.2 Å². The standard InChI is InChI=1S/C11H15N.C2H6.H2/c1-8(2)9-3-4-11(7-12)6-10(11)5-9;1-2;/h3-5,10H,1,6-7,12H2,2H3;1-2H3;1H. The minimum absolute atomic E-state index is 0. The average Bonchev–Trinajstić information content (AvgIpc) is 2.94. The molecule has 2 atom stereocenters. The Balaban J connectivity index is 0.000000617. The second-order valence-corrected chi connectivity index (χ2v) is 3.98. The van der Waals surface area contributed by atoms with E-state index in [1.165, 1.54) is 12.0 Å². The van der Waals surface area contributed by atoms with Gasteiger partial charge in [0, 0.05) is 13.4 Å². The third-order valence-electron chi connectivity index (χ3n) is 3.03. The van der Waals surface area contributed by atoms with Gasteiger partial charge in [0.15, 0.2) is 0 Å². The van der Waals surface area contributed by atoms with Crippen LogP contribution in [0.3, 0.4) is 0 Å². The SMILES string of the molecule is C=C(C)C1=CC2CC2(CN)C=C1.CC.[HH]. The van der Waals surface area contributed by atoms with Crippen molar-refractivity contribution >= 4 is 0 Å². The molecule has 0 heterocycles. The highest BCUT2D eigenvalue weighted by molar-refractivity contribution is 5.45. The van der Waals surface area contributed by atoms with Gasteiger partial charge in [-0.3, -0.25) is 0 Å². The van der Waals surface area contributed by atoms with Crippen LogP contribution in [-0.2, 0) is 0 Å². The molecule has 0 aromatic carbocycles. The van der Waals surface area contributed by atoms with Crippen molar-refractivity contribution in [1.82, 2.24) is 0 Å². The summed E-state index contributed by atoms with van der Waals surface area (Å²) in [5.41, 5.74) is 8.48. The molecule has 1 fully saturated rings. The Hall–Kier alpha value is -0.820. The van der Waals surface area contributed by atoms with Crippen molar-refractivity contribution in [3.8, 4) is 0 Å². The highest BCUT2D eigenvalue weighted by Crippen LogP contribution is 2.56. The number of fused-ring (bicyclic) bond motifs is 1. The van der Waals surface area contributed by atoms with Gasteiger partial charge in [0.05, 0.1) is 0 Å². The molecule has 80 valence electrons. The Labute approximate surface area is 88.9 Å². The summed E-state index contributed by atoms with van der Waals surface area (Å²) in [5.74, 6) is 0.694. The summed E-state index contributed by atoms with van der Waals surface area (Å²) >= 11 is 0. The molecular weight excluding hydrogens is 170 g/mol. The molecule has 1 saturated carbocycles. The van der Waals surface area contributed by atoms with Gasteiger partial charge in [-0.25, -0.2) is 0 Å². The van der Waals surface area contributed by atoms with Gasteiger partial charge >= 0.3 is 0 Å². The van der Waals surface area contributed by atoms with Crippen LogP contribution in [0, 0.1) is 11.3 Å². The number of nitrogens with two attached hydrogens (primary N) is 1. The van der Waals surface area contributed by atoms with Crippen molar-refractivity contribution in [1.29, 1.82) is 0 Å². The van der Waals surface area contributed by atoms with Crippen molar-refractivity contribution < 1.29 is 1.43 Å². The molecule has 0 aromatic heterocycles. The van der Waals surface area contributed by atoms with E-state index < -0.39 is 0 Å². The molecule has 0 aromatic rings. The molecule has 2 aliphatic carbocycles. The second-order valence-electron chi connectivity index (χ2n) is 3.98. The van der Waals surface area contributed by atoms with E-state index in [1.54, 1.807) is 0 Å². The molecule has 0 spiro atoms. The summed E-state index contributed by atoms with van der Waals surface area (Å²) in [6, 6.07) is 0. The zero-order valence-corrected chi connectivity index (χ0v) is 9.51. The zero-order chi connectivity index (χ0) is 10.8. The lowest BCUT2D eigenvalue weighted by Crippen LogP contribution is -2.16. The molecule has 2 unspecified atom stereocenters. The predicted molar refractivity (Wildman–Crippen MR) is 65.1 cm³/mol. The molecule has 2 aliphatic rings. The van der Waals surface area contributed by atoms with Crippen LogP contribution in [0.2, 0.25) is 0 Å². The fourth-order valence-corrected chi connectivity index (χ4v) is 1.88. The summed E-state index contributed by atoms with van der Waals surface area (Å²) in [4.78, 5) is 0. The summed E-state index contributed by atoms with van der Waals surface area (Å²) in [6.07, 6.45) is 7.98. The first-order chi connectivity index (χ1) is 6.68. The molecule has 2 rings (SSSR count). The fourth-order valence-electron chi connectivity index (χ4n) is 1.88. The summed E-state index contributed by atoms with van der Waals surface area (Å²) < 4.78 is 0. The Kier molecular flexibility index (Phi) is 3.33. The smallest absolute Gasteiger partial charge is 0.00769 e. The minimum Gasteiger partial charge on any atom is -0.330 e. The first-order valence-corrected chi connectivity index (χ1v) is 5.45. The van der Waals surface area contributed by atoms with Gasteiger partial charge in [0.2, 0.25) is 0 Å². The molecule has 2 N–H and O–H groups in total. The predicted octanol–water partition coefficient (Wildman–Crippen LogP) is 3.30. The van der Waals surface area contributed by atoms with E-state index in [-0.39, 0.29) is 1.43 Å². The van der Waals surface area contributed by atoms with Crippen LogP contribution in [0.1, 0.15) is 28.6 Å².